The zero-order chi connectivity index (χ0) is 20.2. The lowest BCUT2D eigenvalue weighted by molar-refractivity contribution is 0.0970. The Morgan fingerprint density at radius 2 is 1.69 bits per heavy atom. The fourth-order valence-corrected chi connectivity index (χ4v) is 3.67. The second kappa shape index (κ2) is 8.04. The van der Waals surface area contributed by atoms with Crippen LogP contribution in [0.4, 0.5) is 0 Å². The van der Waals surface area contributed by atoms with Gasteiger partial charge in [-0.2, -0.15) is 5.26 Å². The van der Waals surface area contributed by atoms with Gasteiger partial charge in [-0.05, 0) is 35.9 Å². The Kier molecular flexibility index (Phi) is 5.13. The normalized spacial score (nSPS) is 11.7. The van der Waals surface area contributed by atoms with Crippen LogP contribution in [0.25, 0.3) is 10.9 Å². The number of fused-ring (bicyclic) bond motifs is 1. The van der Waals surface area contributed by atoms with Crippen LogP contribution in [0.1, 0.15) is 33.9 Å². The van der Waals surface area contributed by atoms with Gasteiger partial charge in [-0.3, -0.25) is 4.79 Å². The van der Waals surface area contributed by atoms with Crippen LogP contribution < -0.4 is 4.74 Å². The molecule has 4 nitrogen and oxygen atoms in total. The molecular weight excluding hydrogens is 360 g/mol. The second-order valence-electron chi connectivity index (χ2n) is 6.86. The summed E-state index contributed by atoms with van der Waals surface area (Å²) >= 11 is 0. The molecule has 142 valence electrons. The number of para-hydroxylation sites is 1. The Morgan fingerprint density at radius 3 is 2.38 bits per heavy atom. The molecule has 0 spiro atoms. The van der Waals surface area contributed by atoms with Crippen LogP contribution >= 0.6 is 0 Å². The summed E-state index contributed by atoms with van der Waals surface area (Å²) in [6.45, 7) is 0. The molecule has 1 atom stereocenters. The molecule has 0 saturated carbocycles. The highest BCUT2D eigenvalue weighted by Gasteiger charge is 2.22. The van der Waals surface area contributed by atoms with E-state index in [9.17, 15) is 10.1 Å². The van der Waals surface area contributed by atoms with Gasteiger partial charge in [0.1, 0.15) is 11.8 Å². The number of hydrogen-bond donors (Lipinski definition) is 0. The molecule has 1 heterocycles. The van der Waals surface area contributed by atoms with Crippen LogP contribution in [0.3, 0.4) is 0 Å². The van der Waals surface area contributed by atoms with Gasteiger partial charge in [0.2, 0.25) is 0 Å². The Morgan fingerprint density at radius 1 is 1.00 bits per heavy atom. The average Bonchev–Trinajstić information content (AvgIpc) is 3.16. The number of ether oxygens (including phenoxy) is 1. The highest BCUT2D eigenvalue weighted by molar-refractivity contribution is 5.97. The van der Waals surface area contributed by atoms with E-state index in [2.05, 4.69) is 6.07 Å². The largest absolute Gasteiger partial charge is 0.497 e. The first-order valence-electron chi connectivity index (χ1n) is 9.43. The summed E-state index contributed by atoms with van der Waals surface area (Å²) < 4.78 is 7.23. The quantitative estimate of drug-likeness (QED) is 0.422. The molecule has 4 rings (SSSR count). The Labute approximate surface area is 169 Å². The maximum atomic E-state index is 13.1. The van der Waals surface area contributed by atoms with Gasteiger partial charge in [0.25, 0.3) is 0 Å². The molecule has 1 aromatic heterocycles. The number of carbonyl (C=O) groups excluding carboxylic acids is 1. The first-order valence-corrected chi connectivity index (χ1v) is 9.43. The summed E-state index contributed by atoms with van der Waals surface area (Å²) in [7, 11) is 1.60. The third-order valence-corrected chi connectivity index (χ3v) is 5.17. The van der Waals surface area contributed by atoms with Crippen LogP contribution in [0.5, 0.6) is 5.75 Å². The number of Topliss-reactive ketones (excluding diaryl/α,β-unsaturated/α-hetero) is 1. The van der Waals surface area contributed by atoms with Crippen molar-refractivity contribution < 1.29 is 9.53 Å². The van der Waals surface area contributed by atoms with Crippen molar-refractivity contribution in [1.82, 2.24) is 4.57 Å². The predicted molar refractivity (Wildman–Crippen MR) is 113 cm³/mol. The van der Waals surface area contributed by atoms with Crippen molar-refractivity contribution >= 4 is 16.7 Å². The number of ketones is 1. The van der Waals surface area contributed by atoms with Gasteiger partial charge in [-0.25, -0.2) is 0 Å². The van der Waals surface area contributed by atoms with E-state index in [0.717, 1.165) is 22.2 Å². The molecule has 3 aromatic carbocycles. The van der Waals surface area contributed by atoms with Gasteiger partial charge in [0.15, 0.2) is 5.78 Å². The van der Waals surface area contributed by atoms with Gasteiger partial charge in [0.05, 0.1) is 18.7 Å². The van der Waals surface area contributed by atoms with E-state index < -0.39 is 0 Å². The maximum absolute atomic E-state index is 13.1. The summed E-state index contributed by atoms with van der Waals surface area (Å²) in [4.78, 5) is 13.1. The smallest absolute Gasteiger partial charge is 0.165 e. The van der Waals surface area contributed by atoms with Crippen molar-refractivity contribution in [3.8, 4) is 11.8 Å². The lowest BCUT2D eigenvalue weighted by atomic mass is 9.97. The molecule has 0 fully saturated rings. The summed E-state index contributed by atoms with van der Waals surface area (Å²) in [6, 6.07) is 27.0. The molecule has 1 unspecified atom stereocenters. The molecule has 0 aliphatic rings. The number of nitriles is 1. The molecule has 0 aliphatic carbocycles. The van der Waals surface area contributed by atoms with E-state index in [1.165, 1.54) is 0 Å². The lowest BCUT2D eigenvalue weighted by Gasteiger charge is -2.20. The number of carbonyl (C=O) groups is 1. The summed E-state index contributed by atoms with van der Waals surface area (Å²) in [5.74, 6) is 0.758. The van der Waals surface area contributed by atoms with E-state index >= 15 is 0 Å². The summed E-state index contributed by atoms with van der Waals surface area (Å²) in [6.07, 6.45) is 2.14. The van der Waals surface area contributed by atoms with Crippen LogP contribution in [-0.4, -0.2) is 17.5 Å². The minimum Gasteiger partial charge on any atom is -0.497 e. The first kappa shape index (κ1) is 18.5. The fraction of sp³-hybridized carbons (Fsp3) is 0.120. The number of methoxy groups -OCH3 is 1. The minimum atomic E-state index is -0.210. The molecule has 4 heteroatoms. The van der Waals surface area contributed by atoms with E-state index in [-0.39, 0.29) is 11.8 Å². The minimum absolute atomic E-state index is 0.0396. The Bertz CT molecular complexity index is 1190. The third kappa shape index (κ3) is 3.63. The van der Waals surface area contributed by atoms with Gasteiger partial charge >= 0.3 is 0 Å². The summed E-state index contributed by atoms with van der Waals surface area (Å²) in [5.41, 5.74) is 3.22. The highest BCUT2D eigenvalue weighted by Crippen LogP contribution is 2.31. The van der Waals surface area contributed by atoms with E-state index in [1.807, 2.05) is 65.4 Å². The zero-order valence-electron chi connectivity index (χ0n) is 16.1. The second-order valence-corrected chi connectivity index (χ2v) is 6.86. The monoisotopic (exact) mass is 380 g/mol. The predicted octanol–water partition coefficient (Wildman–Crippen LogP) is 5.38. The third-order valence-electron chi connectivity index (χ3n) is 5.17. The van der Waals surface area contributed by atoms with Gasteiger partial charge in [-0.1, -0.05) is 48.5 Å². The first-order chi connectivity index (χ1) is 14.2. The highest BCUT2D eigenvalue weighted by atomic mass is 16.5. The summed E-state index contributed by atoms with van der Waals surface area (Å²) in [5, 5.41) is 10.5. The molecule has 0 saturated heterocycles. The van der Waals surface area contributed by atoms with Crippen molar-refractivity contribution in [2.45, 2.75) is 12.5 Å². The topological polar surface area (TPSA) is 55.0 Å². The van der Waals surface area contributed by atoms with E-state index in [4.69, 9.17) is 4.74 Å². The molecule has 0 aliphatic heterocycles. The molecule has 0 radical (unpaired) electrons. The maximum Gasteiger partial charge on any atom is 0.165 e. The molecule has 0 N–H and O–H groups in total. The fourth-order valence-electron chi connectivity index (χ4n) is 3.67. The number of aromatic nitrogens is 1. The SMILES string of the molecule is COc1ccc(C(=O)CC(c2ccccc2)n2cc(C#N)c3ccccc32)cc1. The zero-order valence-corrected chi connectivity index (χ0v) is 16.1. The Balaban J connectivity index is 1.77. The molecule has 29 heavy (non-hydrogen) atoms. The van der Waals surface area contributed by atoms with Crippen molar-refractivity contribution in [1.29, 1.82) is 5.26 Å². The van der Waals surface area contributed by atoms with Crippen LogP contribution in [0, 0.1) is 11.3 Å². The molecule has 0 amide bonds. The van der Waals surface area contributed by atoms with E-state index in [1.54, 1.807) is 31.4 Å². The standard InChI is InChI=1S/C25H20N2O2/c1-29-21-13-11-19(12-14-21)25(28)15-24(18-7-3-2-4-8-18)27-17-20(16-26)22-9-5-6-10-23(22)27/h2-14,17,24H,15H2,1H3. The van der Waals surface area contributed by atoms with Gasteiger partial charge in [0, 0.05) is 29.1 Å². The molecule has 4 aromatic rings. The number of hydrogen-bond acceptors (Lipinski definition) is 3. The van der Waals surface area contributed by atoms with E-state index in [0.29, 0.717) is 17.5 Å². The van der Waals surface area contributed by atoms with Crippen molar-refractivity contribution in [2.75, 3.05) is 7.11 Å². The van der Waals surface area contributed by atoms with Crippen molar-refractivity contribution in [2.24, 2.45) is 0 Å². The number of benzene rings is 3. The van der Waals surface area contributed by atoms with Crippen LogP contribution in [0.15, 0.2) is 85.1 Å². The Hall–Kier alpha value is -3.84. The number of rotatable bonds is 6. The van der Waals surface area contributed by atoms with Crippen molar-refractivity contribution in [3.05, 3.63) is 102 Å². The average molecular weight is 380 g/mol. The molecular formula is C25H20N2O2. The molecule has 0 bridgehead atoms. The van der Waals surface area contributed by atoms with Gasteiger partial charge in [-0.15, -0.1) is 0 Å². The lowest BCUT2D eigenvalue weighted by Crippen LogP contribution is -2.15. The van der Waals surface area contributed by atoms with Gasteiger partial charge < -0.3 is 9.30 Å². The van der Waals surface area contributed by atoms with Crippen LogP contribution in [0.2, 0.25) is 0 Å². The number of nitrogens with zero attached hydrogens (tertiary/aromatic N) is 2. The van der Waals surface area contributed by atoms with Crippen molar-refractivity contribution in [3.63, 3.8) is 0 Å². The van der Waals surface area contributed by atoms with Crippen LogP contribution in [-0.2, 0) is 0 Å².